The van der Waals surface area contributed by atoms with Crippen LogP contribution < -0.4 is 5.32 Å². The molecule has 7 nitrogen and oxygen atoms in total. The standard InChI is InChI=1S/C13H17N3O4/c1-8-3-4-9(5-14-8)15-13(19)16(2)11-7-20-6-10(11)12(17)18/h3-5,10-11H,6-7H2,1-2H3,(H,15,19)(H,17,18). The maximum atomic E-state index is 12.1. The minimum Gasteiger partial charge on any atom is -0.481 e. The molecule has 1 aliphatic heterocycles. The number of carboxylic acids is 1. The Morgan fingerprint density at radius 3 is 2.80 bits per heavy atom. The third kappa shape index (κ3) is 3.05. The molecule has 2 unspecified atom stereocenters. The average molecular weight is 279 g/mol. The number of carboxylic acid groups (broad SMARTS) is 1. The van der Waals surface area contributed by atoms with Gasteiger partial charge in [0.15, 0.2) is 0 Å². The number of ether oxygens (including phenoxy) is 1. The lowest BCUT2D eigenvalue weighted by Gasteiger charge is -2.26. The van der Waals surface area contributed by atoms with Crippen molar-refractivity contribution in [2.24, 2.45) is 5.92 Å². The van der Waals surface area contributed by atoms with E-state index in [0.717, 1.165) is 5.69 Å². The zero-order valence-corrected chi connectivity index (χ0v) is 11.4. The number of likely N-dealkylation sites (N-methyl/N-ethyl adjacent to an activating group) is 1. The lowest BCUT2D eigenvalue weighted by atomic mass is 10.0. The second-order valence-corrected chi connectivity index (χ2v) is 4.78. The summed E-state index contributed by atoms with van der Waals surface area (Å²) in [7, 11) is 1.56. The molecule has 0 radical (unpaired) electrons. The van der Waals surface area contributed by atoms with Crippen molar-refractivity contribution < 1.29 is 19.4 Å². The van der Waals surface area contributed by atoms with E-state index in [0.29, 0.717) is 5.69 Å². The Balaban J connectivity index is 2.01. The van der Waals surface area contributed by atoms with Crippen molar-refractivity contribution >= 4 is 17.7 Å². The van der Waals surface area contributed by atoms with Gasteiger partial charge in [-0.2, -0.15) is 0 Å². The van der Waals surface area contributed by atoms with Crippen molar-refractivity contribution in [1.29, 1.82) is 0 Å². The number of hydrogen-bond donors (Lipinski definition) is 2. The Morgan fingerprint density at radius 1 is 1.45 bits per heavy atom. The van der Waals surface area contributed by atoms with E-state index in [9.17, 15) is 9.59 Å². The number of pyridine rings is 1. The maximum Gasteiger partial charge on any atom is 0.321 e. The summed E-state index contributed by atoms with van der Waals surface area (Å²) in [5.74, 6) is -1.65. The number of hydrogen-bond acceptors (Lipinski definition) is 4. The normalized spacial score (nSPS) is 21.5. The lowest BCUT2D eigenvalue weighted by molar-refractivity contribution is -0.142. The number of rotatable bonds is 3. The van der Waals surface area contributed by atoms with E-state index in [1.54, 1.807) is 25.4 Å². The van der Waals surface area contributed by atoms with Crippen LogP contribution in [0.25, 0.3) is 0 Å². The molecule has 0 spiro atoms. The molecule has 0 bridgehead atoms. The highest BCUT2D eigenvalue weighted by Crippen LogP contribution is 2.20. The van der Waals surface area contributed by atoms with Gasteiger partial charge in [0, 0.05) is 12.7 Å². The van der Waals surface area contributed by atoms with E-state index < -0.39 is 17.9 Å². The molecule has 108 valence electrons. The molecule has 0 saturated carbocycles. The number of nitrogens with one attached hydrogen (secondary N) is 1. The number of carbonyl (C=O) groups excluding carboxylic acids is 1. The van der Waals surface area contributed by atoms with E-state index in [2.05, 4.69) is 10.3 Å². The Bertz CT molecular complexity index is 503. The predicted octanol–water partition coefficient (Wildman–Crippen LogP) is 0.953. The SMILES string of the molecule is Cc1ccc(NC(=O)N(C)C2COCC2C(=O)O)cn1. The van der Waals surface area contributed by atoms with E-state index in [-0.39, 0.29) is 19.2 Å². The zero-order chi connectivity index (χ0) is 14.7. The quantitative estimate of drug-likeness (QED) is 0.859. The van der Waals surface area contributed by atoms with Crippen LogP contribution in [0.15, 0.2) is 18.3 Å². The fraction of sp³-hybridized carbons (Fsp3) is 0.462. The highest BCUT2D eigenvalue weighted by molar-refractivity contribution is 5.89. The summed E-state index contributed by atoms with van der Waals surface area (Å²) in [6, 6.07) is 2.69. The van der Waals surface area contributed by atoms with Crippen LogP contribution in [0.3, 0.4) is 0 Å². The van der Waals surface area contributed by atoms with Crippen LogP contribution in [0.1, 0.15) is 5.69 Å². The van der Waals surface area contributed by atoms with Crippen molar-refractivity contribution in [2.45, 2.75) is 13.0 Å². The Morgan fingerprint density at radius 2 is 2.20 bits per heavy atom. The third-order valence-electron chi connectivity index (χ3n) is 3.35. The van der Waals surface area contributed by atoms with Crippen molar-refractivity contribution in [1.82, 2.24) is 9.88 Å². The first-order chi connectivity index (χ1) is 9.49. The number of nitrogens with zero attached hydrogens (tertiary/aromatic N) is 2. The number of urea groups is 1. The average Bonchev–Trinajstić information content (AvgIpc) is 2.90. The maximum absolute atomic E-state index is 12.1. The number of amides is 2. The van der Waals surface area contributed by atoms with Crippen LogP contribution in [-0.2, 0) is 9.53 Å². The van der Waals surface area contributed by atoms with E-state index in [1.807, 2.05) is 6.92 Å². The minimum absolute atomic E-state index is 0.129. The third-order valence-corrected chi connectivity index (χ3v) is 3.35. The van der Waals surface area contributed by atoms with E-state index in [4.69, 9.17) is 9.84 Å². The summed E-state index contributed by atoms with van der Waals surface area (Å²) in [6.07, 6.45) is 1.56. The molecule has 2 rings (SSSR count). The van der Waals surface area contributed by atoms with Gasteiger partial charge in [-0.1, -0.05) is 0 Å². The van der Waals surface area contributed by atoms with E-state index in [1.165, 1.54) is 4.90 Å². The van der Waals surface area contributed by atoms with Gasteiger partial charge >= 0.3 is 12.0 Å². The monoisotopic (exact) mass is 279 g/mol. The Hall–Kier alpha value is -2.15. The summed E-state index contributed by atoms with van der Waals surface area (Å²) in [5, 5.41) is 11.8. The van der Waals surface area contributed by atoms with E-state index >= 15 is 0 Å². The predicted molar refractivity (Wildman–Crippen MR) is 71.5 cm³/mol. The topological polar surface area (TPSA) is 91.8 Å². The number of carbonyl (C=O) groups is 2. The van der Waals surface area contributed by atoms with Gasteiger partial charge in [0.25, 0.3) is 0 Å². The molecule has 1 fully saturated rings. The molecule has 2 atom stereocenters. The van der Waals surface area contributed by atoms with Crippen molar-refractivity contribution in [3.05, 3.63) is 24.0 Å². The van der Waals surface area contributed by atoms with Crippen LogP contribution in [-0.4, -0.2) is 53.3 Å². The van der Waals surface area contributed by atoms with Crippen LogP contribution in [0.4, 0.5) is 10.5 Å². The minimum atomic E-state index is -0.954. The molecule has 1 saturated heterocycles. The molecule has 2 amide bonds. The molecule has 7 heteroatoms. The summed E-state index contributed by atoms with van der Waals surface area (Å²) < 4.78 is 5.15. The van der Waals surface area contributed by atoms with Crippen LogP contribution in [0, 0.1) is 12.8 Å². The summed E-state index contributed by atoms with van der Waals surface area (Å²) >= 11 is 0. The first-order valence-electron chi connectivity index (χ1n) is 6.26. The van der Waals surface area contributed by atoms with Crippen LogP contribution in [0.5, 0.6) is 0 Å². The van der Waals surface area contributed by atoms with Crippen LogP contribution in [0.2, 0.25) is 0 Å². The first kappa shape index (κ1) is 14.3. The summed E-state index contributed by atoms with van der Waals surface area (Å²) in [4.78, 5) is 28.6. The number of anilines is 1. The van der Waals surface area contributed by atoms with Gasteiger partial charge in [-0.3, -0.25) is 9.78 Å². The summed E-state index contributed by atoms with van der Waals surface area (Å²) in [5.41, 5.74) is 1.42. The second kappa shape index (κ2) is 5.87. The lowest BCUT2D eigenvalue weighted by Crippen LogP contribution is -2.45. The fourth-order valence-corrected chi connectivity index (χ4v) is 2.06. The van der Waals surface area contributed by atoms with Gasteiger partial charge in [-0.15, -0.1) is 0 Å². The first-order valence-corrected chi connectivity index (χ1v) is 6.26. The highest BCUT2D eigenvalue weighted by atomic mass is 16.5. The molecule has 1 aliphatic rings. The molecule has 1 aromatic heterocycles. The Labute approximate surface area is 116 Å². The molecule has 20 heavy (non-hydrogen) atoms. The van der Waals surface area contributed by atoms with Gasteiger partial charge in [0.1, 0.15) is 5.92 Å². The highest BCUT2D eigenvalue weighted by Gasteiger charge is 2.38. The molecule has 1 aromatic rings. The largest absolute Gasteiger partial charge is 0.481 e. The van der Waals surface area contributed by atoms with Gasteiger partial charge in [0.2, 0.25) is 0 Å². The number of aliphatic carboxylic acids is 1. The van der Waals surface area contributed by atoms with Gasteiger partial charge in [-0.25, -0.2) is 4.79 Å². The number of aryl methyl sites for hydroxylation is 1. The van der Waals surface area contributed by atoms with Crippen molar-refractivity contribution in [3.63, 3.8) is 0 Å². The fourth-order valence-electron chi connectivity index (χ4n) is 2.06. The molecule has 0 aromatic carbocycles. The molecular formula is C13H17N3O4. The zero-order valence-electron chi connectivity index (χ0n) is 11.4. The molecular weight excluding hydrogens is 262 g/mol. The summed E-state index contributed by atoms with van der Waals surface area (Å²) in [6.45, 7) is 2.21. The smallest absolute Gasteiger partial charge is 0.321 e. The van der Waals surface area contributed by atoms with Crippen molar-refractivity contribution in [2.75, 3.05) is 25.6 Å². The van der Waals surface area contributed by atoms with Gasteiger partial charge in [-0.05, 0) is 19.1 Å². The second-order valence-electron chi connectivity index (χ2n) is 4.78. The van der Waals surface area contributed by atoms with Gasteiger partial charge in [0.05, 0.1) is 31.1 Å². The van der Waals surface area contributed by atoms with Gasteiger partial charge < -0.3 is 20.1 Å². The number of aromatic nitrogens is 1. The van der Waals surface area contributed by atoms with Crippen molar-refractivity contribution in [3.8, 4) is 0 Å². The molecule has 0 aliphatic carbocycles. The molecule has 2 N–H and O–H groups in total. The van der Waals surface area contributed by atoms with Crippen LogP contribution >= 0.6 is 0 Å². The molecule has 2 heterocycles. The Kier molecular flexibility index (Phi) is 4.19.